The normalized spacial score (nSPS) is 10.7. The Morgan fingerprint density at radius 1 is 1.33 bits per heavy atom. The summed E-state index contributed by atoms with van der Waals surface area (Å²) in [6, 6.07) is -0.189. The van der Waals surface area contributed by atoms with E-state index in [1.807, 2.05) is 20.8 Å². The van der Waals surface area contributed by atoms with Crippen LogP contribution in [0.5, 0.6) is 0 Å². The number of nitrogens with one attached hydrogen (secondary N) is 1. The number of hydrogen-bond acceptors (Lipinski definition) is 3. The SMILES string of the molecule is COC(=O)CCN(C)C(=O)NC(C)(C)C. The van der Waals surface area contributed by atoms with Crippen molar-refractivity contribution in [3.63, 3.8) is 0 Å². The zero-order chi connectivity index (χ0) is 12.1. The molecule has 0 radical (unpaired) electrons. The third-order valence-electron chi connectivity index (χ3n) is 1.71. The van der Waals surface area contributed by atoms with Crippen LogP contribution in [0.2, 0.25) is 0 Å². The van der Waals surface area contributed by atoms with Gasteiger partial charge in [-0.15, -0.1) is 0 Å². The summed E-state index contributed by atoms with van der Waals surface area (Å²) in [6.07, 6.45) is 0.213. The van der Waals surface area contributed by atoms with Gasteiger partial charge in [-0.3, -0.25) is 4.79 Å². The minimum Gasteiger partial charge on any atom is -0.469 e. The molecule has 0 heterocycles. The lowest BCUT2D eigenvalue weighted by Crippen LogP contribution is -2.47. The molecule has 15 heavy (non-hydrogen) atoms. The lowest BCUT2D eigenvalue weighted by molar-refractivity contribution is -0.140. The number of rotatable bonds is 3. The van der Waals surface area contributed by atoms with Crippen LogP contribution in [0.3, 0.4) is 0 Å². The molecule has 0 bridgehead atoms. The van der Waals surface area contributed by atoms with Gasteiger partial charge in [0.1, 0.15) is 0 Å². The predicted octanol–water partition coefficient (Wildman–Crippen LogP) is 0.989. The Kier molecular flexibility index (Phi) is 5.11. The van der Waals surface area contributed by atoms with Crippen molar-refractivity contribution in [2.75, 3.05) is 20.7 Å². The van der Waals surface area contributed by atoms with Crippen molar-refractivity contribution < 1.29 is 14.3 Å². The molecule has 5 nitrogen and oxygen atoms in total. The van der Waals surface area contributed by atoms with E-state index in [4.69, 9.17) is 0 Å². The molecule has 0 aromatic carbocycles. The van der Waals surface area contributed by atoms with Crippen LogP contribution in [0.25, 0.3) is 0 Å². The maximum absolute atomic E-state index is 11.5. The second-order valence-corrected chi connectivity index (χ2v) is 4.43. The molecule has 0 saturated heterocycles. The van der Waals surface area contributed by atoms with Crippen LogP contribution in [0, 0.1) is 0 Å². The maximum atomic E-state index is 11.5. The van der Waals surface area contributed by atoms with E-state index in [0.717, 1.165) is 0 Å². The lowest BCUT2D eigenvalue weighted by Gasteiger charge is -2.25. The van der Waals surface area contributed by atoms with Gasteiger partial charge in [-0.25, -0.2) is 4.79 Å². The molecule has 0 aliphatic carbocycles. The predicted molar refractivity (Wildman–Crippen MR) is 57.5 cm³/mol. The minimum atomic E-state index is -0.314. The molecular weight excluding hydrogens is 196 g/mol. The Morgan fingerprint density at radius 2 is 1.87 bits per heavy atom. The zero-order valence-electron chi connectivity index (χ0n) is 10.1. The van der Waals surface area contributed by atoms with Crippen LogP contribution in [-0.4, -0.2) is 43.1 Å². The van der Waals surface area contributed by atoms with Gasteiger partial charge in [0.05, 0.1) is 13.5 Å². The highest BCUT2D eigenvalue weighted by Crippen LogP contribution is 2.00. The summed E-state index contributed by atoms with van der Waals surface area (Å²) >= 11 is 0. The molecule has 5 heteroatoms. The molecule has 0 unspecified atom stereocenters. The highest BCUT2D eigenvalue weighted by Gasteiger charge is 2.17. The number of nitrogens with zero attached hydrogens (tertiary/aromatic N) is 1. The quantitative estimate of drug-likeness (QED) is 0.716. The minimum absolute atomic E-state index is 0.189. The molecule has 0 aromatic rings. The van der Waals surface area contributed by atoms with Crippen molar-refractivity contribution in [1.82, 2.24) is 10.2 Å². The Morgan fingerprint density at radius 3 is 2.27 bits per heavy atom. The maximum Gasteiger partial charge on any atom is 0.317 e. The number of urea groups is 1. The number of ether oxygens (including phenoxy) is 1. The van der Waals surface area contributed by atoms with E-state index in [0.29, 0.717) is 6.54 Å². The van der Waals surface area contributed by atoms with E-state index in [2.05, 4.69) is 10.1 Å². The fraction of sp³-hybridized carbons (Fsp3) is 0.800. The van der Waals surface area contributed by atoms with Crippen molar-refractivity contribution in [3.05, 3.63) is 0 Å². The van der Waals surface area contributed by atoms with Crippen molar-refractivity contribution >= 4 is 12.0 Å². The summed E-state index contributed by atoms with van der Waals surface area (Å²) in [7, 11) is 2.97. The van der Waals surface area contributed by atoms with Crippen LogP contribution in [-0.2, 0) is 9.53 Å². The molecule has 0 saturated carbocycles. The third kappa shape index (κ3) is 6.76. The lowest BCUT2D eigenvalue weighted by atomic mass is 10.1. The van der Waals surface area contributed by atoms with Crippen molar-refractivity contribution in [1.29, 1.82) is 0 Å². The van der Waals surface area contributed by atoms with Crippen molar-refractivity contribution in [3.8, 4) is 0 Å². The number of hydrogen-bond donors (Lipinski definition) is 1. The first-order chi connectivity index (χ1) is 6.76. The van der Waals surface area contributed by atoms with E-state index in [9.17, 15) is 9.59 Å². The van der Waals surface area contributed by atoms with E-state index in [1.54, 1.807) is 7.05 Å². The Hall–Kier alpha value is -1.26. The molecular formula is C10H20N2O3. The third-order valence-corrected chi connectivity index (χ3v) is 1.71. The first-order valence-electron chi connectivity index (χ1n) is 4.86. The van der Waals surface area contributed by atoms with Crippen LogP contribution < -0.4 is 5.32 Å². The van der Waals surface area contributed by atoms with Gasteiger partial charge < -0.3 is 15.0 Å². The van der Waals surface area contributed by atoms with Gasteiger partial charge in [0, 0.05) is 19.1 Å². The highest BCUT2D eigenvalue weighted by molar-refractivity contribution is 5.75. The summed E-state index contributed by atoms with van der Waals surface area (Å²) in [4.78, 5) is 23.8. The fourth-order valence-electron chi connectivity index (χ4n) is 0.879. The van der Waals surface area contributed by atoms with E-state index in [1.165, 1.54) is 12.0 Å². The summed E-state index contributed by atoms with van der Waals surface area (Å²) < 4.78 is 4.48. The monoisotopic (exact) mass is 216 g/mol. The summed E-state index contributed by atoms with van der Waals surface area (Å²) in [6.45, 7) is 6.06. The van der Waals surface area contributed by atoms with Crippen LogP contribution in [0.4, 0.5) is 4.79 Å². The number of amides is 2. The van der Waals surface area contributed by atoms with Crippen LogP contribution in [0.1, 0.15) is 27.2 Å². The van der Waals surface area contributed by atoms with Gasteiger partial charge in [-0.2, -0.15) is 0 Å². The van der Waals surface area contributed by atoms with Gasteiger partial charge in [0.15, 0.2) is 0 Å². The fourth-order valence-corrected chi connectivity index (χ4v) is 0.879. The average molecular weight is 216 g/mol. The molecule has 0 rings (SSSR count). The smallest absolute Gasteiger partial charge is 0.317 e. The van der Waals surface area contributed by atoms with E-state index in [-0.39, 0.29) is 24.0 Å². The molecule has 88 valence electrons. The van der Waals surface area contributed by atoms with Crippen molar-refractivity contribution in [2.24, 2.45) is 0 Å². The second kappa shape index (κ2) is 5.58. The molecule has 0 spiro atoms. The second-order valence-electron chi connectivity index (χ2n) is 4.43. The average Bonchev–Trinajstić information content (AvgIpc) is 2.10. The zero-order valence-corrected chi connectivity index (χ0v) is 10.1. The van der Waals surface area contributed by atoms with Gasteiger partial charge in [0.25, 0.3) is 0 Å². The molecule has 0 aliphatic heterocycles. The molecule has 0 aromatic heterocycles. The van der Waals surface area contributed by atoms with Crippen molar-refractivity contribution in [2.45, 2.75) is 32.7 Å². The molecule has 0 atom stereocenters. The van der Waals surface area contributed by atoms with Crippen LogP contribution in [0.15, 0.2) is 0 Å². The molecule has 0 fully saturated rings. The van der Waals surface area contributed by atoms with E-state index < -0.39 is 0 Å². The molecule has 2 amide bonds. The Labute approximate surface area is 90.8 Å². The van der Waals surface area contributed by atoms with E-state index >= 15 is 0 Å². The largest absolute Gasteiger partial charge is 0.469 e. The Bertz CT molecular complexity index is 233. The van der Waals surface area contributed by atoms with Gasteiger partial charge in [0.2, 0.25) is 0 Å². The molecule has 1 N–H and O–H groups in total. The Balaban J connectivity index is 3.95. The first kappa shape index (κ1) is 13.7. The number of methoxy groups -OCH3 is 1. The van der Waals surface area contributed by atoms with Gasteiger partial charge >= 0.3 is 12.0 Å². The van der Waals surface area contributed by atoms with Crippen LogP contribution >= 0.6 is 0 Å². The summed E-state index contributed by atoms with van der Waals surface area (Å²) in [5.41, 5.74) is -0.267. The summed E-state index contributed by atoms with van der Waals surface area (Å²) in [5, 5.41) is 2.80. The highest BCUT2D eigenvalue weighted by atomic mass is 16.5. The standard InChI is InChI=1S/C10H20N2O3/c1-10(2,3)11-9(14)12(4)7-6-8(13)15-5/h6-7H2,1-5H3,(H,11,14). The number of carbonyl (C=O) groups excluding carboxylic acids is 2. The first-order valence-corrected chi connectivity index (χ1v) is 4.86. The number of carbonyl (C=O) groups is 2. The topological polar surface area (TPSA) is 58.6 Å². The van der Waals surface area contributed by atoms with Gasteiger partial charge in [-0.05, 0) is 20.8 Å². The summed E-state index contributed by atoms with van der Waals surface area (Å²) in [5.74, 6) is -0.314. The van der Waals surface area contributed by atoms with Gasteiger partial charge in [-0.1, -0.05) is 0 Å². The molecule has 0 aliphatic rings. The number of esters is 1.